The van der Waals surface area contributed by atoms with Crippen molar-refractivity contribution < 1.29 is 4.79 Å². The first-order valence-electron chi connectivity index (χ1n) is 3.83. The molecule has 1 atom stereocenters. The van der Waals surface area contributed by atoms with Gasteiger partial charge in [-0.2, -0.15) is 0 Å². The van der Waals surface area contributed by atoms with Gasteiger partial charge in [-0.25, -0.2) is 0 Å². The van der Waals surface area contributed by atoms with Crippen molar-refractivity contribution in [3.63, 3.8) is 0 Å². The number of hydrogen-bond acceptors (Lipinski definition) is 2. The summed E-state index contributed by atoms with van der Waals surface area (Å²) in [6.07, 6.45) is 0. The molecular formula is C9H11ClN2O. The van der Waals surface area contributed by atoms with E-state index in [0.717, 1.165) is 5.56 Å². The van der Waals surface area contributed by atoms with Crippen LogP contribution in [0.5, 0.6) is 0 Å². The third-order valence-electron chi connectivity index (χ3n) is 1.86. The second-order valence-corrected chi connectivity index (χ2v) is 3.30. The third kappa shape index (κ3) is 2.20. The van der Waals surface area contributed by atoms with Crippen LogP contribution in [-0.2, 0) is 4.79 Å². The highest BCUT2D eigenvalue weighted by Crippen LogP contribution is 2.19. The lowest BCUT2D eigenvalue weighted by Crippen LogP contribution is -2.28. The number of aryl methyl sites for hydroxylation is 1. The van der Waals surface area contributed by atoms with Crippen LogP contribution in [0.1, 0.15) is 17.2 Å². The Morgan fingerprint density at radius 3 is 2.62 bits per heavy atom. The minimum atomic E-state index is -0.780. The third-order valence-corrected chi connectivity index (χ3v) is 2.27. The molecule has 3 nitrogen and oxygen atoms in total. The van der Waals surface area contributed by atoms with Crippen LogP contribution < -0.4 is 11.5 Å². The predicted octanol–water partition coefficient (Wildman–Crippen LogP) is 1.13. The van der Waals surface area contributed by atoms with Crippen molar-refractivity contribution in [1.82, 2.24) is 0 Å². The summed E-state index contributed by atoms with van der Waals surface area (Å²) in [5.74, 6) is -0.556. The fraction of sp³-hybridized carbons (Fsp3) is 0.222. The molecule has 0 fully saturated rings. The topological polar surface area (TPSA) is 69.1 Å². The number of carbonyl (C=O) groups is 1. The summed E-state index contributed by atoms with van der Waals surface area (Å²) >= 11 is 5.85. The molecular weight excluding hydrogens is 188 g/mol. The predicted molar refractivity (Wildman–Crippen MR) is 52.3 cm³/mol. The van der Waals surface area contributed by atoms with Crippen molar-refractivity contribution in [3.05, 3.63) is 34.3 Å². The monoisotopic (exact) mass is 198 g/mol. The van der Waals surface area contributed by atoms with Gasteiger partial charge >= 0.3 is 0 Å². The van der Waals surface area contributed by atoms with Gasteiger partial charge in [0.15, 0.2) is 0 Å². The zero-order chi connectivity index (χ0) is 10.0. The number of primary amides is 1. The standard InChI is InChI=1S/C9H11ClN2O/c1-5-2-3-6(4-7(5)10)8(11)9(12)13/h2-4,8H,11H2,1H3,(H2,12,13). The summed E-state index contributed by atoms with van der Waals surface area (Å²) in [4.78, 5) is 10.8. The van der Waals surface area contributed by atoms with Gasteiger partial charge in [0.2, 0.25) is 5.91 Å². The Labute approximate surface area is 81.7 Å². The zero-order valence-corrected chi connectivity index (χ0v) is 8.01. The lowest BCUT2D eigenvalue weighted by Gasteiger charge is -2.08. The van der Waals surface area contributed by atoms with Gasteiger partial charge in [0, 0.05) is 5.02 Å². The summed E-state index contributed by atoms with van der Waals surface area (Å²) in [6, 6.07) is 4.43. The second kappa shape index (κ2) is 3.77. The highest BCUT2D eigenvalue weighted by atomic mass is 35.5. The van der Waals surface area contributed by atoms with E-state index in [2.05, 4.69) is 0 Å². The van der Waals surface area contributed by atoms with Gasteiger partial charge in [-0.15, -0.1) is 0 Å². The molecule has 1 rings (SSSR count). The van der Waals surface area contributed by atoms with Crippen molar-refractivity contribution in [3.8, 4) is 0 Å². The minimum Gasteiger partial charge on any atom is -0.368 e. The van der Waals surface area contributed by atoms with Crippen LogP contribution in [0.15, 0.2) is 18.2 Å². The molecule has 70 valence electrons. The number of carbonyl (C=O) groups excluding carboxylic acids is 1. The first kappa shape index (κ1) is 10.0. The molecule has 4 heteroatoms. The van der Waals surface area contributed by atoms with Gasteiger partial charge in [0.25, 0.3) is 0 Å². The van der Waals surface area contributed by atoms with E-state index in [1.165, 1.54) is 0 Å². The van der Waals surface area contributed by atoms with E-state index in [1.807, 2.05) is 6.92 Å². The molecule has 0 radical (unpaired) electrons. The lowest BCUT2D eigenvalue weighted by molar-refractivity contribution is -0.119. The van der Waals surface area contributed by atoms with E-state index in [-0.39, 0.29) is 0 Å². The second-order valence-electron chi connectivity index (χ2n) is 2.89. The van der Waals surface area contributed by atoms with Gasteiger partial charge in [-0.1, -0.05) is 23.7 Å². The van der Waals surface area contributed by atoms with E-state index in [9.17, 15) is 4.79 Å². The maximum atomic E-state index is 10.8. The van der Waals surface area contributed by atoms with Crippen LogP contribution in [-0.4, -0.2) is 5.91 Å². The molecule has 0 bridgehead atoms. The van der Waals surface area contributed by atoms with E-state index < -0.39 is 11.9 Å². The van der Waals surface area contributed by atoms with Crippen molar-refractivity contribution in [2.45, 2.75) is 13.0 Å². The summed E-state index contributed by atoms with van der Waals surface area (Å²) in [6.45, 7) is 1.88. The fourth-order valence-corrected chi connectivity index (χ4v) is 1.16. The van der Waals surface area contributed by atoms with Crippen LogP contribution >= 0.6 is 11.6 Å². The molecule has 0 aliphatic rings. The van der Waals surface area contributed by atoms with Crippen molar-refractivity contribution >= 4 is 17.5 Å². The molecule has 0 aliphatic carbocycles. The lowest BCUT2D eigenvalue weighted by atomic mass is 10.1. The zero-order valence-electron chi connectivity index (χ0n) is 7.25. The summed E-state index contributed by atoms with van der Waals surface area (Å²) in [7, 11) is 0. The first-order chi connectivity index (χ1) is 6.02. The molecule has 1 unspecified atom stereocenters. The Balaban J connectivity index is 3.03. The quantitative estimate of drug-likeness (QED) is 0.748. The molecule has 0 heterocycles. The van der Waals surface area contributed by atoms with Crippen LogP contribution in [0.2, 0.25) is 5.02 Å². The Morgan fingerprint density at radius 1 is 1.54 bits per heavy atom. The van der Waals surface area contributed by atoms with Crippen molar-refractivity contribution in [1.29, 1.82) is 0 Å². The SMILES string of the molecule is Cc1ccc(C(N)C(N)=O)cc1Cl. The summed E-state index contributed by atoms with van der Waals surface area (Å²) < 4.78 is 0. The molecule has 0 aliphatic heterocycles. The molecule has 0 saturated carbocycles. The Bertz CT molecular complexity index is 338. The smallest absolute Gasteiger partial charge is 0.238 e. The van der Waals surface area contributed by atoms with Gasteiger partial charge in [-0.3, -0.25) is 4.79 Å². The van der Waals surface area contributed by atoms with Gasteiger partial charge < -0.3 is 11.5 Å². The number of nitrogens with two attached hydrogens (primary N) is 2. The first-order valence-corrected chi connectivity index (χ1v) is 4.21. The van der Waals surface area contributed by atoms with Crippen LogP contribution in [0.3, 0.4) is 0 Å². The molecule has 1 amide bonds. The fourth-order valence-electron chi connectivity index (χ4n) is 0.967. The molecule has 4 N–H and O–H groups in total. The van der Waals surface area contributed by atoms with E-state index in [0.29, 0.717) is 10.6 Å². The number of amides is 1. The van der Waals surface area contributed by atoms with Crippen molar-refractivity contribution in [2.24, 2.45) is 11.5 Å². The van der Waals surface area contributed by atoms with Crippen molar-refractivity contribution in [2.75, 3.05) is 0 Å². The number of halogens is 1. The van der Waals surface area contributed by atoms with E-state index in [4.69, 9.17) is 23.1 Å². The average Bonchev–Trinajstić information content (AvgIpc) is 2.08. The average molecular weight is 199 g/mol. The number of benzene rings is 1. The maximum Gasteiger partial charge on any atom is 0.238 e. The molecule has 1 aromatic rings. The Kier molecular flexibility index (Phi) is 2.90. The van der Waals surface area contributed by atoms with Gasteiger partial charge in [0.1, 0.15) is 6.04 Å². The number of rotatable bonds is 2. The highest BCUT2D eigenvalue weighted by Gasteiger charge is 2.12. The van der Waals surface area contributed by atoms with E-state index >= 15 is 0 Å². The molecule has 0 aromatic heterocycles. The normalized spacial score (nSPS) is 12.5. The summed E-state index contributed by atoms with van der Waals surface area (Å²) in [5, 5.41) is 0.592. The Hall–Kier alpha value is -1.06. The molecule has 0 spiro atoms. The van der Waals surface area contributed by atoms with Gasteiger partial charge in [-0.05, 0) is 24.1 Å². The highest BCUT2D eigenvalue weighted by molar-refractivity contribution is 6.31. The van der Waals surface area contributed by atoms with Crippen LogP contribution in [0, 0.1) is 6.92 Å². The number of hydrogen-bond donors (Lipinski definition) is 2. The van der Waals surface area contributed by atoms with Crippen LogP contribution in [0.4, 0.5) is 0 Å². The minimum absolute atomic E-state index is 0.556. The van der Waals surface area contributed by atoms with Gasteiger partial charge in [0.05, 0.1) is 0 Å². The summed E-state index contributed by atoms with van der Waals surface area (Å²) in [5.41, 5.74) is 12.2. The molecule has 13 heavy (non-hydrogen) atoms. The molecule has 0 saturated heterocycles. The Morgan fingerprint density at radius 2 is 2.15 bits per heavy atom. The molecule has 1 aromatic carbocycles. The van der Waals surface area contributed by atoms with E-state index in [1.54, 1.807) is 18.2 Å². The van der Waals surface area contributed by atoms with Crippen LogP contribution in [0.25, 0.3) is 0 Å². The largest absolute Gasteiger partial charge is 0.368 e. The maximum absolute atomic E-state index is 10.8.